The Morgan fingerprint density at radius 3 is 2.83 bits per heavy atom. The Hall–Kier alpha value is -0.660. The van der Waals surface area contributed by atoms with E-state index in [0.29, 0.717) is 10.6 Å². The van der Waals surface area contributed by atoms with Gasteiger partial charge in [-0.25, -0.2) is 0 Å². The number of hydrogen-bond acceptors (Lipinski definition) is 4. The second kappa shape index (κ2) is 5.54. The van der Waals surface area contributed by atoms with Gasteiger partial charge in [-0.3, -0.25) is 4.79 Å². The zero-order valence-electron chi connectivity index (χ0n) is 9.75. The molecule has 2 aromatic rings. The molecule has 18 heavy (non-hydrogen) atoms. The van der Waals surface area contributed by atoms with E-state index < -0.39 is 0 Å². The summed E-state index contributed by atoms with van der Waals surface area (Å²) in [6.07, 6.45) is 0. The van der Waals surface area contributed by atoms with Crippen molar-refractivity contribution in [1.29, 1.82) is 0 Å². The van der Waals surface area contributed by atoms with E-state index in [9.17, 15) is 4.79 Å². The van der Waals surface area contributed by atoms with Gasteiger partial charge < -0.3 is 5.32 Å². The molecule has 0 amide bonds. The fraction of sp³-hybridized carbons (Fsp3) is 0.167. The first-order valence-corrected chi connectivity index (χ1v) is 7.41. The first kappa shape index (κ1) is 13.8. The molecule has 0 bridgehead atoms. The maximum absolute atomic E-state index is 11.6. The van der Waals surface area contributed by atoms with Gasteiger partial charge in [0.1, 0.15) is 5.00 Å². The van der Waals surface area contributed by atoms with E-state index in [1.807, 2.05) is 25.1 Å². The van der Waals surface area contributed by atoms with Crippen molar-refractivity contribution in [1.82, 2.24) is 4.37 Å². The summed E-state index contributed by atoms with van der Waals surface area (Å²) in [5.41, 5.74) is 2.34. The number of rotatable bonds is 3. The lowest BCUT2D eigenvalue weighted by molar-refractivity contribution is 0.101. The normalized spacial score (nSPS) is 10.4. The number of carbonyl (C=O) groups is 1. The Kier molecular flexibility index (Phi) is 4.24. The SMILES string of the molecule is CC(=O)c1c(C)nsc1Nc1ccc(Cl)cc1I. The second-order valence-corrected chi connectivity index (χ2v) is 6.15. The Labute approximate surface area is 128 Å². The predicted molar refractivity (Wildman–Crippen MR) is 84.3 cm³/mol. The molecule has 0 saturated carbocycles. The van der Waals surface area contributed by atoms with E-state index in [1.54, 1.807) is 6.92 Å². The average molecular weight is 393 g/mol. The topological polar surface area (TPSA) is 42.0 Å². The third-order valence-corrected chi connectivity index (χ3v) is 4.38. The van der Waals surface area contributed by atoms with Crippen LogP contribution >= 0.6 is 45.7 Å². The lowest BCUT2D eigenvalue weighted by atomic mass is 10.2. The number of carbonyl (C=O) groups excluding carboxylic acids is 1. The monoisotopic (exact) mass is 392 g/mol. The van der Waals surface area contributed by atoms with Crippen molar-refractivity contribution in [3.05, 3.63) is 38.0 Å². The molecule has 0 aliphatic rings. The molecule has 1 aromatic heterocycles. The zero-order valence-corrected chi connectivity index (χ0v) is 13.5. The Morgan fingerprint density at radius 1 is 1.50 bits per heavy atom. The number of aryl methyl sites for hydroxylation is 1. The number of anilines is 2. The summed E-state index contributed by atoms with van der Waals surface area (Å²) in [5, 5.41) is 4.71. The molecule has 0 unspecified atom stereocenters. The molecule has 0 aliphatic heterocycles. The van der Waals surface area contributed by atoms with Gasteiger partial charge in [0.2, 0.25) is 0 Å². The highest BCUT2D eigenvalue weighted by atomic mass is 127. The second-order valence-electron chi connectivity index (χ2n) is 3.78. The van der Waals surface area contributed by atoms with Gasteiger partial charge in [0.25, 0.3) is 0 Å². The Balaban J connectivity index is 2.37. The number of benzene rings is 1. The van der Waals surface area contributed by atoms with Crippen LogP contribution < -0.4 is 5.32 Å². The summed E-state index contributed by atoms with van der Waals surface area (Å²) in [6, 6.07) is 5.57. The quantitative estimate of drug-likeness (QED) is 0.610. The molecule has 6 heteroatoms. The smallest absolute Gasteiger partial charge is 0.164 e. The molecular weight excluding hydrogens is 383 g/mol. The van der Waals surface area contributed by atoms with Crippen LogP contribution in [0.25, 0.3) is 0 Å². The number of nitrogens with zero attached hydrogens (tertiary/aromatic N) is 1. The van der Waals surface area contributed by atoms with Gasteiger partial charge in [-0.15, -0.1) is 0 Å². The van der Waals surface area contributed by atoms with Crippen LogP contribution in [0.1, 0.15) is 23.0 Å². The third kappa shape index (κ3) is 2.84. The predicted octanol–water partition coefficient (Wildman–Crippen LogP) is 4.66. The van der Waals surface area contributed by atoms with E-state index in [4.69, 9.17) is 11.6 Å². The van der Waals surface area contributed by atoms with E-state index in [1.165, 1.54) is 11.5 Å². The number of halogens is 2. The molecule has 0 aliphatic carbocycles. The van der Waals surface area contributed by atoms with Crippen molar-refractivity contribution in [2.75, 3.05) is 5.32 Å². The third-order valence-electron chi connectivity index (χ3n) is 2.39. The van der Waals surface area contributed by atoms with Crippen molar-refractivity contribution >= 4 is 62.2 Å². The molecular formula is C12H10ClIN2OS. The maximum Gasteiger partial charge on any atom is 0.164 e. The van der Waals surface area contributed by atoms with E-state index in [-0.39, 0.29) is 5.78 Å². The lowest BCUT2D eigenvalue weighted by Gasteiger charge is -2.08. The van der Waals surface area contributed by atoms with Crippen LogP contribution in [-0.2, 0) is 0 Å². The summed E-state index contributed by atoms with van der Waals surface area (Å²) in [6.45, 7) is 3.39. The van der Waals surface area contributed by atoms with E-state index in [0.717, 1.165) is 20.0 Å². The van der Waals surface area contributed by atoms with Gasteiger partial charge in [-0.05, 0) is 66.2 Å². The minimum atomic E-state index is 0.0210. The molecule has 1 heterocycles. The standard InChI is InChI=1S/C12H10ClIN2OS/c1-6-11(7(2)17)12(18-16-6)15-10-4-3-8(13)5-9(10)14/h3-5,15H,1-2H3. The number of ketones is 1. The highest BCUT2D eigenvalue weighted by Gasteiger charge is 2.15. The summed E-state index contributed by atoms with van der Waals surface area (Å²) in [5.74, 6) is 0.0210. The average Bonchev–Trinajstić information content (AvgIpc) is 2.64. The van der Waals surface area contributed by atoms with Crippen LogP contribution in [0.4, 0.5) is 10.7 Å². The molecule has 1 aromatic carbocycles. The van der Waals surface area contributed by atoms with E-state index in [2.05, 4.69) is 32.3 Å². The number of hydrogen-bond donors (Lipinski definition) is 1. The van der Waals surface area contributed by atoms with Gasteiger partial charge >= 0.3 is 0 Å². The van der Waals surface area contributed by atoms with Crippen molar-refractivity contribution < 1.29 is 4.79 Å². The summed E-state index contributed by atoms with van der Waals surface area (Å²) >= 11 is 9.40. The lowest BCUT2D eigenvalue weighted by Crippen LogP contribution is -1.99. The number of nitrogens with one attached hydrogen (secondary N) is 1. The highest BCUT2D eigenvalue weighted by Crippen LogP contribution is 2.31. The Bertz CT molecular complexity index is 612. The first-order chi connectivity index (χ1) is 8.49. The van der Waals surface area contributed by atoms with Crippen LogP contribution in [0.3, 0.4) is 0 Å². The fourth-order valence-corrected chi connectivity index (χ4v) is 3.45. The van der Waals surface area contributed by atoms with Gasteiger partial charge in [0.05, 0.1) is 16.9 Å². The van der Waals surface area contributed by atoms with Crippen molar-refractivity contribution in [2.45, 2.75) is 13.8 Å². The number of aromatic nitrogens is 1. The first-order valence-electron chi connectivity index (χ1n) is 5.18. The van der Waals surface area contributed by atoms with Crippen LogP contribution in [0.5, 0.6) is 0 Å². The van der Waals surface area contributed by atoms with Crippen molar-refractivity contribution in [3.8, 4) is 0 Å². The maximum atomic E-state index is 11.6. The molecule has 2 rings (SSSR count). The molecule has 1 N–H and O–H groups in total. The van der Waals surface area contributed by atoms with Gasteiger partial charge in [0, 0.05) is 8.59 Å². The van der Waals surface area contributed by atoms with Crippen LogP contribution in [0.2, 0.25) is 5.02 Å². The zero-order chi connectivity index (χ0) is 13.3. The van der Waals surface area contributed by atoms with Crippen molar-refractivity contribution in [2.24, 2.45) is 0 Å². The summed E-state index contributed by atoms with van der Waals surface area (Å²) < 4.78 is 5.21. The highest BCUT2D eigenvalue weighted by molar-refractivity contribution is 14.1. The van der Waals surface area contributed by atoms with Crippen molar-refractivity contribution in [3.63, 3.8) is 0 Å². The minimum Gasteiger partial charge on any atom is -0.344 e. The van der Waals surface area contributed by atoms with Crippen LogP contribution in [0.15, 0.2) is 18.2 Å². The van der Waals surface area contributed by atoms with Crippen LogP contribution in [0, 0.1) is 10.5 Å². The molecule has 94 valence electrons. The minimum absolute atomic E-state index is 0.0210. The number of Topliss-reactive ketones (excluding diaryl/α,β-unsaturated/α-hetero) is 1. The fourth-order valence-electron chi connectivity index (χ4n) is 1.58. The van der Waals surface area contributed by atoms with Gasteiger partial charge in [0.15, 0.2) is 5.78 Å². The Morgan fingerprint density at radius 2 is 2.22 bits per heavy atom. The molecule has 0 fully saturated rings. The summed E-state index contributed by atoms with van der Waals surface area (Å²) in [4.78, 5) is 11.6. The molecule has 0 saturated heterocycles. The van der Waals surface area contributed by atoms with Crippen LogP contribution in [-0.4, -0.2) is 10.2 Å². The molecule has 0 radical (unpaired) electrons. The molecule has 0 atom stereocenters. The largest absolute Gasteiger partial charge is 0.344 e. The molecule has 0 spiro atoms. The van der Waals surface area contributed by atoms with E-state index >= 15 is 0 Å². The van der Waals surface area contributed by atoms with Gasteiger partial charge in [-0.2, -0.15) is 4.37 Å². The van der Waals surface area contributed by atoms with Gasteiger partial charge in [-0.1, -0.05) is 11.6 Å². The molecule has 3 nitrogen and oxygen atoms in total. The summed E-state index contributed by atoms with van der Waals surface area (Å²) in [7, 11) is 0.